The van der Waals surface area contributed by atoms with Gasteiger partial charge in [-0.2, -0.15) is 5.26 Å². The summed E-state index contributed by atoms with van der Waals surface area (Å²) in [6.07, 6.45) is 4.12. The van der Waals surface area contributed by atoms with E-state index in [1.807, 2.05) is 0 Å². The van der Waals surface area contributed by atoms with Gasteiger partial charge in [-0.3, -0.25) is 0 Å². The monoisotopic (exact) mass is 287 g/mol. The number of nitrogens with one attached hydrogen (secondary N) is 2. The summed E-state index contributed by atoms with van der Waals surface area (Å²) in [6.45, 7) is 4.47. The van der Waals surface area contributed by atoms with Crippen molar-refractivity contribution in [3.05, 3.63) is 11.9 Å². The van der Waals surface area contributed by atoms with Gasteiger partial charge in [-0.05, 0) is 13.5 Å². The third-order valence-electron chi connectivity index (χ3n) is 3.57. The van der Waals surface area contributed by atoms with Gasteiger partial charge in [0.1, 0.15) is 18.0 Å². The lowest BCUT2D eigenvalue weighted by Crippen LogP contribution is -2.45. The Hall–Kier alpha value is -2.20. The van der Waals surface area contributed by atoms with Crippen LogP contribution in [0.1, 0.15) is 18.4 Å². The number of hydrogen-bond acceptors (Lipinski definition) is 7. The van der Waals surface area contributed by atoms with E-state index in [2.05, 4.69) is 38.2 Å². The number of nitrogens with zero attached hydrogens (tertiary/aromatic N) is 5. The van der Waals surface area contributed by atoms with Gasteiger partial charge in [0.05, 0.1) is 11.6 Å². The molecule has 1 aliphatic rings. The Bertz CT molecular complexity index is 515. The summed E-state index contributed by atoms with van der Waals surface area (Å²) in [6, 6.07) is 2.12. The van der Waals surface area contributed by atoms with Crippen LogP contribution in [0.3, 0.4) is 0 Å². The van der Waals surface area contributed by atoms with E-state index in [1.165, 1.54) is 12.5 Å². The SMILES string of the molecule is CN1CCN(c2ncnc(NCCCC#N)c2C=N)CC1. The van der Waals surface area contributed by atoms with E-state index in [-0.39, 0.29) is 0 Å². The summed E-state index contributed by atoms with van der Waals surface area (Å²) in [5.74, 6) is 1.49. The largest absolute Gasteiger partial charge is 0.369 e. The molecule has 1 aliphatic heterocycles. The van der Waals surface area contributed by atoms with Crippen LogP contribution >= 0.6 is 0 Å². The first-order valence-electron chi connectivity index (χ1n) is 7.16. The Balaban J connectivity index is 2.11. The van der Waals surface area contributed by atoms with Crippen molar-refractivity contribution in [2.75, 3.05) is 50.0 Å². The molecule has 1 aromatic rings. The van der Waals surface area contributed by atoms with Crippen LogP contribution in [0.4, 0.5) is 11.6 Å². The van der Waals surface area contributed by atoms with Gasteiger partial charge in [0.2, 0.25) is 0 Å². The van der Waals surface area contributed by atoms with Crippen LogP contribution in [0, 0.1) is 16.7 Å². The van der Waals surface area contributed by atoms with Gasteiger partial charge in [0, 0.05) is 45.4 Å². The molecule has 0 bridgehead atoms. The second-order valence-corrected chi connectivity index (χ2v) is 5.08. The molecule has 1 saturated heterocycles. The van der Waals surface area contributed by atoms with E-state index >= 15 is 0 Å². The van der Waals surface area contributed by atoms with E-state index in [0.717, 1.165) is 44.0 Å². The Morgan fingerprint density at radius 3 is 2.81 bits per heavy atom. The Labute approximate surface area is 125 Å². The van der Waals surface area contributed by atoms with Crippen LogP contribution in [0.2, 0.25) is 0 Å². The van der Waals surface area contributed by atoms with E-state index in [1.54, 1.807) is 0 Å². The van der Waals surface area contributed by atoms with Crippen LogP contribution in [-0.2, 0) is 0 Å². The van der Waals surface area contributed by atoms with Gasteiger partial charge < -0.3 is 20.5 Å². The molecule has 0 spiro atoms. The molecule has 0 saturated carbocycles. The number of hydrogen-bond donors (Lipinski definition) is 2. The molecule has 0 unspecified atom stereocenters. The van der Waals surface area contributed by atoms with Crippen LogP contribution in [0.25, 0.3) is 0 Å². The Morgan fingerprint density at radius 2 is 2.14 bits per heavy atom. The summed E-state index contributed by atoms with van der Waals surface area (Å²) in [5.41, 5.74) is 0.721. The molecule has 7 nitrogen and oxygen atoms in total. The fourth-order valence-corrected chi connectivity index (χ4v) is 2.30. The van der Waals surface area contributed by atoms with Gasteiger partial charge in [0.15, 0.2) is 0 Å². The first kappa shape index (κ1) is 15.2. The molecule has 21 heavy (non-hydrogen) atoms. The molecule has 2 N–H and O–H groups in total. The minimum Gasteiger partial charge on any atom is -0.369 e. The van der Waals surface area contributed by atoms with Crippen LogP contribution < -0.4 is 10.2 Å². The van der Waals surface area contributed by atoms with Gasteiger partial charge in [-0.15, -0.1) is 0 Å². The number of unbranched alkanes of at least 4 members (excludes halogenated alkanes) is 1. The van der Waals surface area contributed by atoms with Crippen molar-refractivity contribution in [1.29, 1.82) is 10.7 Å². The minimum atomic E-state index is 0.517. The van der Waals surface area contributed by atoms with Gasteiger partial charge in [-0.25, -0.2) is 9.97 Å². The molecule has 112 valence electrons. The van der Waals surface area contributed by atoms with E-state index in [9.17, 15) is 0 Å². The standard InChI is InChI=1S/C14H21N7/c1-20-6-8-21(9-7-20)14-12(10-16)13(18-11-19-14)17-5-3-2-4-15/h10-11,16H,2-3,5-9H2,1H3,(H,17,18,19). The summed E-state index contributed by atoms with van der Waals surface area (Å²) in [4.78, 5) is 13.1. The molecule has 2 heterocycles. The second kappa shape index (κ2) is 7.55. The molecule has 1 fully saturated rings. The van der Waals surface area contributed by atoms with Gasteiger partial charge >= 0.3 is 0 Å². The average molecular weight is 287 g/mol. The van der Waals surface area contributed by atoms with Gasteiger partial charge in [0.25, 0.3) is 0 Å². The maximum Gasteiger partial charge on any atom is 0.143 e. The third kappa shape index (κ3) is 3.89. The van der Waals surface area contributed by atoms with Crippen molar-refractivity contribution in [3.63, 3.8) is 0 Å². The smallest absolute Gasteiger partial charge is 0.143 e. The average Bonchev–Trinajstić information content (AvgIpc) is 2.52. The molecule has 1 aromatic heterocycles. The number of likely N-dealkylation sites (N-methyl/N-ethyl adjacent to an activating group) is 1. The zero-order chi connectivity index (χ0) is 15.1. The molecule has 0 aliphatic carbocycles. The maximum atomic E-state index is 8.55. The number of rotatable bonds is 6. The van der Waals surface area contributed by atoms with Crippen molar-refractivity contribution >= 4 is 17.9 Å². The van der Waals surface area contributed by atoms with E-state index in [4.69, 9.17) is 10.7 Å². The highest BCUT2D eigenvalue weighted by Gasteiger charge is 2.19. The predicted octanol–water partition coefficient (Wildman–Crippen LogP) is 0.942. The highest BCUT2D eigenvalue weighted by Crippen LogP contribution is 2.22. The zero-order valence-corrected chi connectivity index (χ0v) is 12.3. The molecular weight excluding hydrogens is 266 g/mol. The molecule has 0 atom stereocenters. The van der Waals surface area contributed by atoms with Gasteiger partial charge in [-0.1, -0.05) is 0 Å². The van der Waals surface area contributed by atoms with E-state index < -0.39 is 0 Å². The summed E-state index contributed by atoms with van der Waals surface area (Å²) < 4.78 is 0. The van der Waals surface area contributed by atoms with Crippen LogP contribution in [0.15, 0.2) is 6.33 Å². The number of anilines is 2. The lowest BCUT2D eigenvalue weighted by molar-refractivity contribution is 0.312. The second-order valence-electron chi connectivity index (χ2n) is 5.08. The first-order valence-corrected chi connectivity index (χ1v) is 7.16. The van der Waals surface area contributed by atoms with Crippen LogP contribution in [-0.4, -0.2) is 60.9 Å². The van der Waals surface area contributed by atoms with Crippen molar-refractivity contribution < 1.29 is 0 Å². The molecule has 2 rings (SSSR count). The lowest BCUT2D eigenvalue weighted by Gasteiger charge is -2.34. The first-order chi connectivity index (χ1) is 10.3. The summed E-state index contributed by atoms with van der Waals surface area (Å²) >= 11 is 0. The third-order valence-corrected chi connectivity index (χ3v) is 3.57. The molecular formula is C14H21N7. The number of aromatic nitrogens is 2. The van der Waals surface area contributed by atoms with Crippen molar-refractivity contribution in [2.45, 2.75) is 12.8 Å². The number of piperazine rings is 1. The zero-order valence-electron chi connectivity index (χ0n) is 12.3. The predicted molar refractivity (Wildman–Crippen MR) is 83.0 cm³/mol. The maximum absolute atomic E-state index is 8.55. The van der Waals surface area contributed by atoms with Crippen molar-refractivity contribution in [3.8, 4) is 6.07 Å². The van der Waals surface area contributed by atoms with E-state index in [0.29, 0.717) is 18.8 Å². The van der Waals surface area contributed by atoms with Crippen LogP contribution in [0.5, 0.6) is 0 Å². The highest BCUT2D eigenvalue weighted by molar-refractivity contribution is 5.90. The summed E-state index contributed by atoms with van der Waals surface area (Å²) in [5, 5.41) is 19.4. The quantitative estimate of drug-likeness (QED) is 0.597. The summed E-state index contributed by atoms with van der Waals surface area (Å²) in [7, 11) is 2.11. The normalized spacial score (nSPS) is 15.5. The lowest BCUT2D eigenvalue weighted by atomic mass is 10.2. The minimum absolute atomic E-state index is 0.517. The molecule has 0 aromatic carbocycles. The molecule has 0 amide bonds. The topological polar surface area (TPSA) is 91.9 Å². The number of nitriles is 1. The molecule has 7 heteroatoms. The molecule has 0 radical (unpaired) electrons. The van der Waals surface area contributed by atoms with Crippen molar-refractivity contribution in [1.82, 2.24) is 14.9 Å². The van der Waals surface area contributed by atoms with Crippen molar-refractivity contribution in [2.24, 2.45) is 0 Å². The fourth-order valence-electron chi connectivity index (χ4n) is 2.30. The Kier molecular flexibility index (Phi) is 5.46. The fraction of sp³-hybridized carbons (Fsp3) is 0.571. The Morgan fingerprint density at radius 1 is 1.38 bits per heavy atom. The highest BCUT2D eigenvalue weighted by atomic mass is 15.3.